The highest BCUT2D eigenvalue weighted by Crippen LogP contribution is 2.18. The second kappa shape index (κ2) is 4.59. The fourth-order valence-corrected chi connectivity index (χ4v) is 2.02. The number of aromatic nitrogens is 2. The molecule has 1 amide bonds. The van der Waals surface area contributed by atoms with Crippen molar-refractivity contribution in [1.82, 2.24) is 9.97 Å². The van der Waals surface area contributed by atoms with E-state index in [1.807, 2.05) is 12.3 Å². The average Bonchev–Trinajstić information content (AvgIpc) is 2.64. The Morgan fingerprint density at radius 2 is 2.38 bits per heavy atom. The number of rotatable bonds is 2. The lowest BCUT2D eigenvalue weighted by Gasteiger charge is -2.02. The van der Waals surface area contributed by atoms with Crippen LogP contribution in [0.3, 0.4) is 0 Å². The lowest BCUT2D eigenvalue weighted by atomic mass is 10.2. The summed E-state index contributed by atoms with van der Waals surface area (Å²) in [5, 5.41) is 5.43. The summed E-state index contributed by atoms with van der Waals surface area (Å²) in [5.41, 5.74) is 1.27. The van der Waals surface area contributed by atoms with Crippen molar-refractivity contribution < 1.29 is 4.79 Å². The van der Waals surface area contributed by atoms with Crippen LogP contribution in [-0.4, -0.2) is 15.9 Å². The number of hydrogen-bond acceptors (Lipinski definition) is 4. The number of aryl methyl sites for hydroxylation is 1. The Morgan fingerprint density at radius 3 is 3.00 bits per heavy atom. The summed E-state index contributed by atoms with van der Waals surface area (Å²) in [5.74, 6) is -0.276. The van der Waals surface area contributed by atoms with Gasteiger partial charge in [-0.05, 0) is 13.0 Å². The number of halogens is 1. The van der Waals surface area contributed by atoms with Gasteiger partial charge < -0.3 is 0 Å². The SMILES string of the molecule is Cc1csc(NC(=O)c2ccncc2Cl)n1. The minimum absolute atomic E-state index is 0.276. The minimum atomic E-state index is -0.276. The van der Waals surface area contributed by atoms with E-state index in [0.717, 1.165) is 5.69 Å². The van der Waals surface area contributed by atoms with E-state index in [4.69, 9.17) is 11.6 Å². The van der Waals surface area contributed by atoms with Gasteiger partial charge in [0, 0.05) is 17.8 Å². The van der Waals surface area contributed by atoms with E-state index in [0.29, 0.717) is 15.7 Å². The Hall–Kier alpha value is -1.46. The van der Waals surface area contributed by atoms with Crippen LogP contribution in [0.25, 0.3) is 0 Å². The van der Waals surface area contributed by atoms with E-state index in [1.165, 1.54) is 23.7 Å². The van der Waals surface area contributed by atoms with Gasteiger partial charge in [-0.1, -0.05) is 11.6 Å². The fraction of sp³-hybridized carbons (Fsp3) is 0.100. The Morgan fingerprint density at radius 1 is 1.56 bits per heavy atom. The Bertz CT molecular complexity index is 526. The van der Waals surface area contributed by atoms with Gasteiger partial charge in [0.2, 0.25) is 0 Å². The number of nitrogens with zero attached hydrogens (tertiary/aromatic N) is 2. The van der Waals surface area contributed by atoms with Crippen LogP contribution < -0.4 is 5.32 Å². The minimum Gasteiger partial charge on any atom is -0.298 e. The molecule has 0 atom stereocenters. The highest BCUT2D eigenvalue weighted by Gasteiger charge is 2.11. The Balaban J connectivity index is 2.18. The number of thiazole rings is 1. The normalized spacial score (nSPS) is 10.1. The van der Waals surface area contributed by atoms with Crippen LogP contribution in [0.4, 0.5) is 5.13 Å². The van der Waals surface area contributed by atoms with E-state index in [9.17, 15) is 4.79 Å². The maximum atomic E-state index is 11.8. The third-order valence-corrected chi connectivity index (χ3v) is 3.03. The summed E-state index contributed by atoms with van der Waals surface area (Å²) in [6, 6.07) is 1.57. The van der Waals surface area contributed by atoms with Crippen molar-refractivity contribution in [3.63, 3.8) is 0 Å². The van der Waals surface area contributed by atoms with Gasteiger partial charge >= 0.3 is 0 Å². The number of anilines is 1. The zero-order chi connectivity index (χ0) is 11.5. The fourth-order valence-electron chi connectivity index (χ4n) is 1.14. The van der Waals surface area contributed by atoms with Crippen LogP contribution >= 0.6 is 22.9 Å². The summed E-state index contributed by atoms with van der Waals surface area (Å²) >= 11 is 7.23. The first kappa shape index (κ1) is 11.0. The summed E-state index contributed by atoms with van der Waals surface area (Å²) < 4.78 is 0. The van der Waals surface area contributed by atoms with E-state index < -0.39 is 0 Å². The maximum Gasteiger partial charge on any atom is 0.259 e. The van der Waals surface area contributed by atoms with Gasteiger partial charge in [-0.3, -0.25) is 15.1 Å². The van der Waals surface area contributed by atoms with Crippen LogP contribution in [-0.2, 0) is 0 Å². The average molecular weight is 254 g/mol. The molecule has 0 aliphatic carbocycles. The monoisotopic (exact) mass is 253 g/mol. The lowest BCUT2D eigenvalue weighted by Crippen LogP contribution is -2.12. The summed E-state index contributed by atoms with van der Waals surface area (Å²) in [7, 11) is 0. The van der Waals surface area contributed by atoms with Gasteiger partial charge in [-0.15, -0.1) is 11.3 Å². The van der Waals surface area contributed by atoms with Crippen molar-refractivity contribution in [3.8, 4) is 0 Å². The van der Waals surface area contributed by atoms with Gasteiger partial charge in [0.25, 0.3) is 5.91 Å². The van der Waals surface area contributed by atoms with Crippen molar-refractivity contribution in [2.24, 2.45) is 0 Å². The molecule has 0 bridgehead atoms. The number of pyridine rings is 1. The van der Waals surface area contributed by atoms with Crippen LogP contribution in [0, 0.1) is 6.92 Å². The van der Waals surface area contributed by atoms with Gasteiger partial charge in [0.1, 0.15) is 0 Å². The largest absolute Gasteiger partial charge is 0.298 e. The van der Waals surface area contributed by atoms with Gasteiger partial charge in [0.05, 0.1) is 16.3 Å². The molecule has 0 aliphatic heterocycles. The van der Waals surface area contributed by atoms with Crippen molar-refractivity contribution in [2.75, 3.05) is 5.32 Å². The molecular formula is C10H8ClN3OS. The molecule has 2 heterocycles. The first-order valence-corrected chi connectivity index (χ1v) is 5.75. The lowest BCUT2D eigenvalue weighted by molar-refractivity contribution is 0.102. The zero-order valence-corrected chi connectivity index (χ0v) is 9.97. The van der Waals surface area contributed by atoms with Crippen LogP contribution in [0.1, 0.15) is 16.1 Å². The predicted octanol–water partition coefficient (Wildman–Crippen LogP) is 2.75. The van der Waals surface area contributed by atoms with Crippen LogP contribution in [0.2, 0.25) is 5.02 Å². The number of carbonyl (C=O) groups is 1. The first-order chi connectivity index (χ1) is 7.66. The van der Waals surface area contributed by atoms with Crippen molar-refractivity contribution in [1.29, 1.82) is 0 Å². The van der Waals surface area contributed by atoms with Crippen molar-refractivity contribution in [2.45, 2.75) is 6.92 Å². The molecule has 4 nitrogen and oxygen atoms in total. The molecule has 0 fully saturated rings. The van der Waals surface area contributed by atoms with Crippen molar-refractivity contribution >= 4 is 34.0 Å². The third-order valence-electron chi connectivity index (χ3n) is 1.86. The highest BCUT2D eigenvalue weighted by atomic mass is 35.5. The van der Waals surface area contributed by atoms with Gasteiger partial charge in [0.15, 0.2) is 5.13 Å². The molecule has 0 spiro atoms. The predicted molar refractivity (Wildman–Crippen MR) is 64.1 cm³/mol. The molecular weight excluding hydrogens is 246 g/mol. The molecule has 0 saturated carbocycles. The Kier molecular flexibility index (Phi) is 3.17. The van der Waals surface area contributed by atoms with E-state index >= 15 is 0 Å². The molecule has 2 rings (SSSR count). The summed E-state index contributed by atoms with van der Waals surface area (Å²) in [6.45, 7) is 1.87. The molecule has 0 aromatic carbocycles. The Labute approximate surface area is 101 Å². The molecule has 0 aliphatic rings. The molecule has 0 unspecified atom stereocenters. The topological polar surface area (TPSA) is 54.9 Å². The maximum absolute atomic E-state index is 11.8. The molecule has 16 heavy (non-hydrogen) atoms. The molecule has 2 aromatic heterocycles. The molecule has 1 N–H and O–H groups in total. The smallest absolute Gasteiger partial charge is 0.259 e. The second-order valence-corrected chi connectivity index (χ2v) is 4.37. The summed E-state index contributed by atoms with van der Waals surface area (Å²) in [6.07, 6.45) is 2.96. The number of nitrogens with one attached hydrogen (secondary N) is 1. The summed E-state index contributed by atoms with van der Waals surface area (Å²) in [4.78, 5) is 19.7. The molecule has 82 valence electrons. The number of carbonyl (C=O) groups excluding carboxylic acids is 1. The first-order valence-electron chi connectivity index (χ1n) is 4.50. The van der Waals surface area contributed by atoms with E-state index in [-0.39, 0.29) is 5.91 Å². The van der Waals surface area contributed by atoms with E-state index in [2.05, 4.69) is 15.3 Å². The second-order valence-electron chi connectivity index (χ2n) is 3.10. The zero-order valence-electron chi connectivity index (χ0n) is 8.40. The number of hydrogen-bond donors (Lipinski definition) is 1. The molecule has 0 radical (unpaired) electrons. The molecule has 0 saturated heterocycles. The third kappa shape index (κ3) is 2.37. The highest BCUT2D eigenvalue weighted by molar-refractivity contribution is 7.13. The van der Waals surface area contributed by atoms with Gasteiger partial charge in [-0.25, -0.2) is 4.98 Å². The van der Waals surface area contributed by atoms with Crippen LogP contribution in [0.15, 0.2) is 23.8 Å². The quantitative estimate of drug-likeness (QED) is 0.895. The number of amides is 1. The molecule has 2 aromatic rings. The van der Waals surface area contributed by atoms with Crippen LogP contribution in [0.5, 0.6) is 0 Å². The molecule has 6 heteroatoms. The van der Waals surface area contributed by atoms with Gasteiger partial charge in [-0.2, -0.15) is 0 Å². The van der Waals surface area contributed by atoms with Crippen molar-refractivity contribution in [3.05, 3.63) is 40.1 Å². The standard InChI is InChI=1S/C10H8ClN3OS/c1-6-5-16-10(13-6)14-9(15)7-2-3-12-4-8(7)11/h2-5H,1H3,(H,13,14,15). The van der Waals surface area contributed by atoms with E-state index in [1.54, 1.807) is 6.07 Å².